The summed E-state index contributed by atoms with van der Waals surface area (Å²) < 4.78 is 1.63. The lowest BCUT2D eigenvalue weighted by Crippen LogP contribution is -2.15. The van der Waals surface area contributed by atoms with Gasteiger partial charge in [0.05, 0.1) is 11.9 Å². The van der Waals surface area contributed by atoms with Crippen molar-refractivity contribution in [2.75, 3.05) is 0 Å². The van der Waals surface area contributed by atoms with Gasteiger partial charge in [0, 0.05) is 10.6 Å². The predicted octanol–water partition coefficient (Wildman–Crippen LogP) is 4.84. The van der Waals surface area contributed by atoms with Crippen LogP contribution in [0.2, 0.25) is 5.02 Å². The molecule has 0 aliphatic heterocycles. The molecule has 0 aliphatic carbocycles. The first kappa shape index (κ1) is 19.1. The van der Waals surface area contributed by atoms with Crippen molar-refractivity contribution in [2.24, 2.45) is 0 Å². The van der Waals surface area contributed by atoms with E-state index >= 15 is 0 Å². The third-order valence-corrected chi connectivity index (χ3v) is 4.65. The minimum absolute atomic E-state index is 0.458. The van der Waals surface area contributed by atoms with Crippen molar-refractivity contribution in [3.8, 4) is 0 Å². The molecular formula is C21H23ClN4O. The Labute approximate surface area is 164 Å². The lowest BCUT2D eigenvalue weighted by atomic mass is 10.0. The van der Waals surface area contributed by atoms with Gasteiger partial charge in [-0.3, -0.25) is 10.3 Å². The van der Waals surface area contributed by atoms with E-state index in [0.29, 0.717) is 11.6 Å². The van der Waals surface area contributed by atoms with Crippen LogP contribution >= 0.6 is 11.6 Å². The standard InChI is InChI=1S/C21H23ClN4O/c1-14-7-15(2)20(16(3)8-14)11-27-25-21(10-26-13-23-12-24-26)19-6-5-18(22)9-17(19)4/h5-10,12-13,25H,11H2,1-4H3. The molecule has 1 heterocycles. The summed E-state index contributed by atoms with van der Waals surface area (Å²) in [6.07, 6.45) is 4.95. The molecule has 0 spiro atoms. The third kappa shape index (κ3) is 4.76. The zero-order valence-corrected chi connectivity index (χ0v) is 16.7. The van der Waals surface area contributed by atoms with Gasteiger partial charge in [0.1, 0.15) is 19.3 Å². The molecule has 6 heteroatoms. The Hall–Kier alpha value is -2.63. The van der Waals surface area contributed by atoms with E-state index in [1.807, 2.05) is 31.3 Å². The van der Waals surface area contributed by atoms with Gasteiger partial charge in [-0.05, 0) is 62.1 Å². The molecule has 1 aromatic heterocycles. The SMILES string of the molecule is Cc1cc(C)c(CONC(=Cn2cncn2)c2ccc(Cl)cc2C)c(C)c1. The summed E-state index contributed by atoms with van der Waals surface area (Å²) in [4.78, 5) is 9.84. The molecule has 1 N–H and O–H groups in total. The van der Waals surface area contributed by atoms with Crippen LogP contribution < -0.4 is 5.48 Å². The van der Waals surface area contributed by atoms with Crippen molar-refractivity contribution in [3.05, 3.63) is 81.4 Å². The molecule has 0 saturated heterocycles. The highest BCUT2D eigenvalue weighted by Gasteiger charge is 2.09. The first-order chi connectivity index (χ1) is 12.9. The quantitative estimate of drug-likeness (QED) is 0.619. The van der Waals surface area contributed by atoms with Crippen molar-refractivity contribution < 1.29 is 4.84 Å². The van der Waals surface area contributed by atoms with Gasteiger partial charge < -0.3 is 0 Å². The summed E-state index contributed by atoms with van der Waals surface area (Å²) in [5, 5.41) is 4.84. The van der Waals surface area contributed by atoms with E-state index in [1.54, 1.807) is 11.0 Å². The molecule has 3 rings (SSSR count). The Morgan fingerprint density at radius 3 is 2.48 bits per heavy atom. The average molecular weight is 383 g/mol. The number of nitrogens with one attached hydrogen (secondary N) is 1. The van der Waals surface area contributed by atoms with Crippen LogP contribution in [-0.4, -0.2) is 14.8 Å². The summed E-state index contributed by atoms with van der Waals surface area (Å²) in [6.45, 7) is 8.78. The number of nitrogens with zero attached hydrogens (tertiary/aromatic N) is 3. The maximum absolute atomic E-state index is 6.10. The summed E-state index contributed by atoms with van der Waals surface area (Å²) in [6, 6.07) is 10.1. The first-order valence-electron chi connectivity index (χ1n) is 8.71. The number of aromatic nitrogens is 3. The van der Waals surface area contributed by atoms with E-state index in [0.717, 1.165) is 16.8 Å². The van der Waals surface area contributed by atoms with Crippen molar-refractivity contribution in [1.82, 2.24) is 20.2 Å². The zero-order valence-electron chi connectivity index (χ0n) is 16.0. The van der Waals surface area contributed by atoms with Gasteiger partial charge in [-0.25, -0.2) is 9.67 Å². The monoisotopic (exact) mass is 382 g/mol. The Kier molecular flexibility index (Phi) is 5.94. The zero-order chi connectivity index (χ0) is 19.4. The van der Waals surface area contributed by atoms with Gasteiger partial charge >= 0.3 is 0 Å². The highest BCUT2D eigenvalue weighted by atomic mass is 35.5. The Morgan fingerprint density at radius 1 is 1.11 bits per heavy atom. The Balaban J connectivity index is 1.83. The highest BCUT2D eigenvalue weighted by molar-refractivity contribution is 6.30. The number of aryl methyl sites for hydroxylation is 4. The minimum atomic E-state index is 0.458. The molecule has 2 aromatic carbocycles. The van der Waals surface area contributed by atoms with Gasteiger partial charge in [0.15, 0.2) is 0 Å². The Morgan fingerprint density at radius 2 is 1.85 bits per heavy atom. The molecule has 0 bridgehead atoms. The fraction of sp³-hybridized carbons (Fsp3) is 0.238. The first-order valence-corrected chi connectivity index (χ1v) is 9.09. The number of hydrogen-bond acceptors (Lipinski definition) is 4. The molecular weight excluding hydrogens is 360 g/mol. The third-order valence-electron chi connectivity index (χ3n) is 4.42. The number of benzene rings is 2. The highest BCUT2D eigenvalue weighted by Crippen LogP contribution is 2.22. The van der Waals surface area contributed by atoms with Crippen molar-refractivity contribution in [1.29, 1.82) is 0 Å². The molecule has 3 aromatic rings. The van der Waals surface area contributed by atoms with E-state index in [-0.39, 0.29) is 0 Å². The molecule has 0 unspecified atom stereocenters. The van der Waals surface area contributed by atoms with Gasteiger partial charge in [-0.2, -0.15) is 5.10 Å². The second-order valence-corrected chi connectivity index (χ2v) is 7.08. The summed E-state index contributed by atoms with van der Waals surface area (Å²) in [5.41, 5.74) is 10.7. The van der Waals surface area contributed by atoms with E-state index < -0.39 is 0 Å². The van der Waals surface area contributed by atoms with E-state index in [2.05, 4.69) is 48.5 Å². The van der Waals surface area contributed by atoms with Crippen molar-refractivity contribution in [2.45, 2.75) is 34.3 Å². The van der Waals surface area contributed by atoms with Crippen LogP contribution in [0.1, 0.15) is 33.4 Å². The molecule has 0 atom stereocenters. The summed E-state index contributed by atoms with van der Waals surface area (Å²) in [5.74, 6) is 0. The van der Waals surface area contributed by atoms with Crippen LogP contribution in [0.15, 0.2) is 43.0 Å². The van der Waals surface area contributed by atoms with Crippen LogP contribution in [0.4, 0.5) is 0 Å². The summed E-state index contributed by atoms with van der Waals surface area (Å²) >= 11 is 6.10. The molecule has 27 heavy (non-hydrogen) atoms. The van der Waals surface area contributed by atoms with Crippen molar-refractivity contribution >= 4 is 23.5 Å². The maximum Gasteiger partial charge on any atom is 0.138 e. The van der Waals surface area contributed by atoms with Gasteiger partial charge in [0.2, 0.25) is 0 Å². The number of halogens is 1. The molecule has 5 nitrogen and oxygen atoms in total. The molecule has 0 aliphatic rings. The molecule has 0 amide bonds. The lowest BCUT2D eigenvalue weighted by molar-refractivity contribution is 0.0642. The second-order valence-electron chi connectivity index (χ2n) is 6.65. The van der Waals surface area contributed by atoms with Crippen LogP contribution in [-0.2, 0) is 11.4 Å². The predicted molar refractivity (Wildman–Crippen MR) is 109 cm³/mol. The number of hydrogen-bond donors (Lipinski definition) is 1. The van der Waals surface area contributed by atoms with Crippen molar-refractivity contribution in [3.63, 3.8) is 0 Å². The second kappa shape index (κ2) is 8.37. The van der Waals surface area contributed by atoms with E-state index in [1.165, 1.54) is 28.6 Å². The average Bonchev–Trinajstić information content (AvgIpc) is 3.09. The lowest BCUT2D eigenvalue weighted by Gasteiger charge is -2.16. The fourth-order valence-corrected chi connectivity index (χ4v) is 3.35. The minimum Gasteiger partial charge on any atom is -0.271 e. The van der Waals surface area contributed by atoms with Gasteiger partial charge in [-0.1, -0.05) is 35.4 Å². The maximum atomic E-state index is 6.10. The van der Waals surface area contributed by atoms with Crippen LogP contribution in [0.25, 0.3) is 11.9 Å². The molecule has 0 radical (unpaired) electrons. The smallest absolute Gasteiger partial charge is 0.138 e. The normalized spacial score (nSPS) is 11.7. The largest absolute Gasteiger partial charge is 0.271 e. The van der Waals surface area contributed by atoms with Crippen LogP contribution in [0.5, 0.6) is 0 Å². The summed E-state index contributed by atoms with van der Waals surface area (Å²) in [7, 11) is 0. The van der Waals surface area contributed by atoms with E-state index in [4.69, 9.17) is 16.4 Å². The van der Waals surface area contributed by atoms with Crippen LogP contribution in [0.3, 0.4) is 0 Å². The van der Waals surface area contributed by atoms with E-state index in [9.17, 15) is 0 Å². The topological polar surface area (TPSA) is 52.0 Å². The van der Waals surface area contributed by atoms with Gasteiger partial charge in [-0.15, -0.1) is 0 Å². The number of rotatable bonds is 6. The van der Waals surface area contributed by atoms with Gasteiger partial charge in [0.25, 0.3) is 0 Å². The Bertz CT molecular complexity index is 941. The van der Waals surface area contributed by atoms with Crippen LogP contribution in [0, 0.1) is 27.7 Å². The molecule has 140 valence electrons. The molecule has 0 fully saturated rings. The fourth-order valence-electron chi connectivity index (χ4n) is 3.12. The molecule has 0 saturated carbocycles. The number of hydroxylamine groups is 1.